The fraction of sp³-hybridized carbons (Fsp3) is 0.737. The minimum atomic E-state index is -0.408. The molecule has 0 saturated carbocycles. The summed E-state index contributed by atoms with van der Waals surface area (Å²) in [5, 5.41) is 4.34. The van der Waals surface area contributed by atoms with Crippen LogP contribution in [0.3, 0.4) is 0 Å². The van der Waals surface area contributed by atoms with Gasteiger partial charge in [0.25, 0.3) is 5.91 Å². The third-order valence-electron chi connectivity index (χ3n) is 5.80. The van der Waals surface area contributed by atoms with E-state index in [-0.39, 0.29) is 11.8 Å². The van der Waals surface area contributed by atoms with Gasteiger partial charge >= 0.3 is 0 Å². The van der Waals surface area contributed by atoms with Crippen molar-refractivity contribution >= 4 is 11.8 Å². The van der Waals surface area contributed by atoms with Gasteiger partial charge in [-0.2, -0.15) is 5.10 Å². The van der Waals surface area contributed by atoms with Crippen LogP contribution in [0.1, 0.15) is 48.7 Å². The Kier molecular flexibility index (Phi) is 5.65. The first-order chi connectivity index (χ1) is 12.5. The highest BCUT2D eigenvalue weighted by Gasteiger charge is 2.49. The zero-order valence-electron chi connectivity index (χ0n) is 16.2. The Balaban J connectivity index is 1.71. The molecule has 2 fully saturated rings. The van der Waals surface area contributed by atoms with Crippen molar-refractivity contribution in [2.45, 2.75) is 46.1 Å². The number of ether oxygens (including phenoxy) is 1. The molecule has 1 atom stereocenters. The number of aryl methyl sites for hydroxylation is 1. The topological polar surface area (TPSA) is 67.7 Å². The Morgan fingerprint density at radius 2 is 2.12 bits per heavy atom. The van der Waals surface area contributed by atoms with Crippen LogP contribution in [0.5, 0.6) is 0 Å². The Hall–Kier alpha value is -1.89. The molecule has 0 aromatic carbocycles. The summed E-state index contributed by atoms with van der Waals surface area (Å²) in [4.78, 5) is 29.8. The average molecular weight is 362 g/mol. The predicted octanol–water partition coefficient (Wildman–Crippen LogP) is 1.70. The molecule has 2 aliphatic heterocycles. The minimum Gasteiger partial charge on any atom is -0.383 e. The largest absolute Gasteiger partial charge is 0.383 e. The number of aromatic nitrogens is 2. The summed E-state index contributed by atoms with van der Waals surface area (Å²) in [6.45, 7) is 8.00. The highest BCUT2D eigenvalue weighted by molar-refractivity contribution is 5.96. The molecule has 2 amide bonds. The fourth-order valence-corrected chi connectivity index (χ4v) is 4.26. The average Bonchev–Trinajstić information content (AvgIpc) is 3.22. The van der Waals surface area contributed by atoms with E-state index in [2.05, 4.69) is 12.0 Å². The highest BCUT2D eigenvalue weighted by atomic mass is 16.5. The summed E-state index contributed by atoms with van der Waals surface area (Å²) in [7, 11) is 1.65. The van der Waals surface area contributed by atoms with E-state index in [0.29, 0.717) is 31.8 Å². The number of hydrogen-bond acceptors (Lipinski definition) is 4. The van der Waals surface area contributed by atoms with Gasteiger partial charge in [0.15, 0.2) is 0 Å². The Bertz CT molecular complexity index is 672. The molecule has 26 heavy (non-hydrogen) atoms. The molecule has 1 aromatic heterocycles. The van der Waals surface area contributed by atoms with E-state index in [9.17, 15) is 9.59 Å². The summed E-state index contributed by atoms with van der Waals surface area (Å²) < 4.78 is 7.02. The quantitative estimate of drug-likeness (QED) is 0.772. The number of carbonyl (C=O) groups is 2. The Morgan fingerprint density at radius 3 is 2.85 bits per heavy atom. The molecule has 7 nitrogen and oxygen atoms in total. The second-order valence-electron chi connectivity index (χ2n) is 7.51. The van der Waals surface area contributed by atoms with Gasteiger partial charge in [0, 0.05) is 45.5 Å². The molecule has 1 spiro atoms. The lowest BCUT2D eigenvalue weighted by Crippen LogP contribution is -2.51. The second kappa shape index (κ2) is 7.78. The first-order valence-corrected chi connectivity index (χ1v) is 9.62. The zero-order chi connectivity index (χ0) is 18.7. The van der Waals surface area contributed by atoms with E-state index in [1.807, 2.05) is 21.4 Å². The fourth-order valence-electron chi connectivity index (χ4n) is 4.26. The van der Waals surface area contributed by atoms with Gasteiger partial charge in [0.05, 0.1) is 23.8 Å². The van der Waals surface area contributed by atoms with E-state index in [4.69, 9.17) is 4.74 Å². The van der Waals surface area contributed by atoms with E-state index in [0.717, 1.165) is 44.5 Å². The van der Waals surface area contributed by atoms with E-state index >= 15 is 0 Å². The van der Waals surface area contributed by atoms with Crippen molar-refractivity contribution in [2.24, 2.45) is 5.41 Å². The molecule has 0 bridgehead atoms. The monoisotopic (exact) mass is 362 g/mol. The maximum atomic E-state index is 13.0. The first kappa shape index (κ1) is 18.9. The van der Waals surface area contributed by atoms with Gasteiger partial charge in [-0.05, 0) is 32.6 Å². The maximum Gasteiger partial charge on any atom is 0.257 e. The molecule has 0 aliphatic carbocycles. The first-order valence-electron chi connectivity index (χ1n) is 9.62. The lowest BCUT2D eigenvalue weighted by atomic mass is 9.78. The minimum absolute atomic E-state index is 0.00328. The molecule has 2 saturated heterocycles. The lowest BCUT2D eigenvalue weighted by Gasteiger charge is -2.39. The lowest BCUT2D eigenvalue weighted by molar-refractivity contribution is -0.146. The summed E-state index contributed by atoms with van der Waals surface area (Å²) in [5.41, 5.74) is 1.17. The third kappa shape index (κ3) is 3.37. The van der Waals surface area contributed by atoms with Gasteiger partial charge in [-0.1, -0.05) is 6.92 Å². The summed E-state index contributed by atoms with van der Waals surface area (Å²) in [6.07, 6.45) is 5.27. The van der Waals surface area contributed by atoms with Crippen LogP contribution >= 0.6 is 0 Å². The Labute approximate surface area is 155 Å². The SMILES string of the molecule is CCCn1ncc(C(=O)N2CCC3(CCCN(CCOC)C3=O)C2)c1C. The molecule has 7 heteroatoms. The molecule has 0 radical (unpaired) electrons. The van der Waals surface area contributed by atoms with Crippen molar-refractivity contribution in [1.29, 1.82) is 0 Å². The van der Waals surface area contributed by atoms with Gasteiger partial charge in [-0.15, -0.1) is 0 Å². The normalized spacial score (nSPS) is 23.3. The predicted molar refractivity (Wildman–Crippen MR) is 97.9 cm³/mol. The van der Waals surface area contributed by atoms with Crippen LogP contribution in [-0.2, 0) is 16.1 Å². The molecule has 1 unspecified atom stereocenters. The van der Waals surface area contributed by atoms with Crippen molar-refractivity contribution in [3.63, 3.8) is 0 Å². The number of methoxy groups -OCH3 is 1. The molecule has 3 rings (SSSR count). The van der Waals surface area contributed by atoms with Crippen molar-refractivity contribution in [3.05, 3.63) is 17.5 Å². The summed E-state index contributed by atoms with van der Waals surface area (Å²) in [5.74, 6) is 0.193. The molecule has 144 valence electrons. The smallest absolute Gasteiger partial charge is 0.257 e. The van der Waals surface area contributed by atoms with Crippen LogP contribution in [0.4, 0.5) is 0 Å². The number of hydrogen-bond donors (Lipinski definition) is 0. The van der Waals surface area contributed by atoms with Gasteiger partial charge in [-0.3, -0.25) is 14.3 Å². The van der Waals surface area contributed by atoms with Gasteiger partial charge in [0.2, 0.25) is 5.91 Å². The number of carbonyl (C=O) groups excluding carboxylic acids is 2. The highest BCUT2D eigenvalue weighted by Crippen LogP contribution is 2.40. The number of piperidine rings is 1. The van der Waals surface area contributed by atoms with Crippen LogP contribution in [0.25, 0.3) is 0 Å². The molecule has 0 N–H and O–H groups in total. The number of likely N-dealkylation sites (tertiary alicyclic amines) is 2. The molecule has 1 aromatic rings. The summed E-state index contributed by atoms with van der Waals surface area (Å²) in [6, 6.07) is 0. The Morgan fingerprint density at radius 1 is 1.31 bits per heavy atom. The van der Waals surface area contributed by atoms with Crippen molar-refractivity contribution < 1.29 is 14.3 Å². The van der Waals surface area contributed by atoms with E-state index < -0.39 is 5.41 Å². The van der Waals surface area contributed by atoms with Crippen molar-refractivity contribution in [3.8, 4) is 0 Å². The van der Waals surface area contributed by atoms with Crippen LogP contribution in [-0.4, -0.2) is 71.3 Å². The van der Waals surface area contributed by atoms with Crippen LogP contribution in [0, 0.1) is 12.3 Å². The third-order valence-corrected chi connectivity index (χ3v) is 5.80. The van der Waals surface area contributed by atoms with Gasteiger partial charge < -0.3 is 14.5 Å². The number of amides is 2. The summed E-state index contributed by atoms with van der Waals surface area (Å²) >= 11 is 0. The molecular formula is C19H30N4O3. The van der Waals surface area contributed by atoms with Crippen LogP contribution in [0.15, 0.2) is 6.20 Å². The van der Waals surface area contributed by atoms with Gasteiger partial charge in [-0.25, -0.2) is 0 Å². The maximum absolute atomic E-state index is 13.0. The van der Waals surface area contributed by atoms with Crippen LogP contribution in [0.2, 0.25) is 0 Å². The molecular weight excluding hydrogens is 332 g/mol. The molecule has 2 aliphatic rings. The van der Waals surface area contributed by atoms with E-state index in [1.165, 1.54) is 0 Å². The standard InChI is InChI=1S/C19H30N4O3/c1-4-8-23-15(2)16(13-20-23)17(24)22-10-7-19(14-22)6-5-9-21(18(19)25)11-12-26-3/h13H,4-12,14H2,1-3H3. The number of rotatable bonds is 6. The van der Waals surface area contributed by atoms with Crippen LogP contribution < -0.4 is 0 Å². The zero-order valence-corrected chi connectivity index (χ0v) is 16.2. The van der Waals surface area contributed by atoms with Gasteiger partial charge in [0.1, 0.15) is 0 Å². The second-order valence-corrected chi connectivity index (χ2v) is 7.51. The van der Waals surface area contributed by atoms with Crippen molar-refractivity contribution in [2.75, 3.05) is 39.9 Å². The molecule has 3 heterocycles. The number of nitrogens with zero attached hydrogens (tertiary/aromatic N) is 4. The van der Waals surface area contributed by atoms with Crippen molar-refractivity contribution in [1.82, 2.24) is 19.6 Å². The van der Waals surface area contributed by atoms with E-state index in [1.54, 1.807) is 13.3 Å².